The van der Waals surface area contributed by atoms with Gasteiger partial charge in [-0.2, -0.15) is 0 Å². The Morgan fingerprint density at radius 3 is 2.69 bits per heavy atom. The number of esters is 1. The molecule has 0 saturated carbocycles. The molecule has 0 aliphatic heterocycles. The first-order chi connectivity index (χ1) is 6.31. The first kappa shape index (κ1) is 12.4. The molecule has 4 nitrogen and oxygen atoms in total. The fourth-order valence-corrected chi connectivity index (χ4v) is 0.804. The number of nitrogens with one attached hydrogen (secondary N) is 1. The molecule has 0 aromatic carbocycles. The fourth-order valence-electron chi connectivity index (χ4n) is 0.804. The molecule has 0 aliphatic rings. The van der Waals surface area contributed by atoms with Crippen LogP contribution < -0.4 is 5.32 Å². The Morgan fingerprint density at radius 1 is 1.31 bits per heavy atom. The number of carbonyl (C=O) groups excluding carboxylic acids is 1. The number of ether oxygens (including phenoxy) is 2. The van der Waals surface area contributed by atoms with E-state index in [1.54, 1.807) is 6.92 Å². The molecule has 0 bridgehead atoms. The lowest BCUT2D eigenvalue weighted by atomic mass is 10.5. The highest BCUT2D eigenvalue weighted by atomic mass is 16.6. The summed E-state index contributed by atoms with van der Waals surface area (Å²) < 4.78 is 9.74. The molecule has 0 spiro atoms. The molecule has 0 aliphatic carbocycles. The summed E-state index contributed by atoms with van der Waals surface area (Å²) in [4.78, 5) is 10.8. The Balaban J connectivity index is 3.02. The first-order valence-corrected chi connectivity index (χ1v) is 4.75. The van der Waals surface area contributed by atoms with Gasteiger partial charge in [0.05, 0.1) is 13.2 Å². The van der Waals surface area contributed by atoms with Crippen LogP contribution in [0.3, 0.4) is 0 Å². The van der Waals surface area contributed by atoms with Gasteiger partial charge in [-0.3, -0.25) is 0 Å². The van der Waals surface area contributed by atoms with E-state index >= 15 is 0 Å². The fraction of sp³-hybridized carbons (Fsp3) is 0.889. The van der Waals surface area contributed by atoms with E-state index in [2.05, 4.69) is 17.0 Å². The lowest BCUT2D eigenvalue weighted by Crippen LogP contribution is -2.22. The maximum Gasteiger partial charge on any atom is 0.332 e. The van der Waals surface area contributed by atoms with E-state index in [-0.39, 0.29) is 12.6 Å². The van der Waals surface area contributed by atoms with Crippen LogP contribution in [0.1, 0.15) is 20.3 Å². The zero-order valence-electron chi connectivity index (χ0n) is 8.47. The van der Waals surface area contributed by atoms with Crippen LogP contribution in [0.25, 0.3) is 0 Å². The number of hydrogen-bond donors (Lipinski definition) is 1. The summed E-state index contributed by atoms with van der Waals surface area (Å²) in [5, 5.41) is 3.16. The molecular formula is C9H19NO3. The second-order valence-electron chi connectivity index (χ2n) is 2.61. The number of hydrogen-bond acceptors (Lipinski definition) is 4. The van der Waals surface area contributed by atoms with Gasteiger partial charge in [-0.05, 0) is 19.9 Å². The Hall–Kier alpha value is -0.610. The topological polar surface area (TPSA) is 47.6 Å². The van der Waals surface area contributed by atoms with Crippen molar-refractivity contribution in [1.82, 2.24) is 5.32 Å². The molecule has 4 heteroatoms. The summed E-state index contributed by atoms with van der Waals surface area (Å²) in [5.41, 5.74) is 0. The molecule has 0 atom stereocenters. The summed E-state index contributed by atoms with van der Waals surface area (Å²) in [7, 11) is 0. The van der Waals surface area contributed by atoms with Gasteiger partial charge < -0.3 is 14.8 Å². The molecule has 0 rings (SSSR count). The van der Waals surface area contributed by atoms with Gasteiger partial charge >= 0.3 is 5.97 Å². The zero-order valence-corrected chi connectivity index (χ0v) is 8.47. The predicted octanol–water partition coefficient (Wildman–Crippen LogP) is 0.566. The minimum atomic E-state index is -0.294. The van der Waals surface area contributed by atoms with Crippen molar-refractivity contribution in [3.05, 3.63) is 0 Å². The quantitative estimate of drug-likeness (QED) is 0.448. The monoisotopic (exact) mass is 189 g/mol. The molecule has 0 aromatic rings. The van der Waals surface area contributed by atoms with Crippen LogP contribution in [-0.2, 0) is 14.3 Å². The van der Waals surface area contributed by atoms with Crippen LogP contribution in [0.15, 0.2) is 0 Å². The van der Waals surface area contributed by atoms with E-state index in [9.17, 15) is 4.79 Å². The highest BCUT2D eigenvalue weighted by molar-refractivity contribution is 5.70. The van der Waals surface area contributed by atoms with Crippen LogP contribution in [0.4, 0.5) is 0 Å². The molecule has 13 heavy (non-hydrogen) atoms. The van der Waals surface area contributed by atoms with E-state index in [1.165, 1.54) is 0 Å². The van der Waals surface area contributed by atoms with Crippen molar-refractivity contribution in [1.29, 1.82) is 0 Å². The van der Waals surface area contributed by atoms with Crippen LogP contribution >= 0.6 is 0 Å². The second kappa shape index (κ2) is 9.48. The van der Waals surface area contributed by atoms with Gasteiger partial charge in [0.1, 0.15) is 6.61 Å². The molecule has 0 amide bonds. The van der Waals surface area contributed by atoms with E-state index < -0.39 is 0 Å². The van der Waals surface area contributed by atoms with Crippen molar-refractivity contribution in [3.63, 3.8) is 0 Å². The maximum absolute atomic E-state index is 10.8. The third kappa shape index (κ3) is 9.30. The predicted molar refractivity (Wildman–Crippen MR) is 50.6 cm³/mol. The molecule has 0 aromatic heterocycles. The standard InChI is InChI=1S/C9H19NO3/c1-3-5-10-6-7-12-8-9(11)13-4-2/h10H,3-8H2,1-2H3. The van der Waals surface area contributed by atoms with Crippen LogP contribution in [0, 0.1) is 0 Å². The molecule has 1 N–H and O–H groups in total. The van der Waals surface area contributed by atoms with E-state index in [0.717, 1.165) is 19.5 Å². The van der Waals surface area contributed by atoms with Crippen molar-refractivity contribution in [3.8, 4) is 0 Å². The second-order valence-corrected chi connectivity index (χ2v) is 2.61. The van der Waals surface area contributed by atoms with Gasteiger partial charge in [-0.25, -0.2) is 4.79 Å². The molecule has 78 valence electrons. The summed E-state index contributed by atoms with van der Waals surface area (Å²) >= 11 is 0. The summed E-state index contributed by atoms with van der Waals surface area (Å²) in [6.07, 6.45) is 1.11. The van der Waals surface area contributed by atoms with Crippen molar-refractivity contribution in [2.24, 2.45) is 0 Å². The number of carbonyl (C=O) groups is 1. The normalized spacial score (nSPS) is 10.0. The average Bonchev–Trinajstić information content (AvgIpc) is 2.11. The van der Waals surface area contributed by atoms with Crippen LogP contribution in [-0.4, -0.2) is 38.9 Å². The molecule has 0 saturated heterocycles. The van der Waals surface area contributed by atoms with Gasteiger partial charge in [0.15, 0.2) is 0 Å². The Kier molecular flexibility index (Phi) is 9.03. The summed E-state index contributed by atoms with van der Waals surface area (Å²) in [6.45, 7) is 6.68. The maximum atomic E-state index is 10.8. The number of rotatable bonds is 8. The third-order valence-electron chi connectivity index (χ3n) is 1.38. The van der Waals surface area contributed by atoms with E-state index in [4.69, 9.17) is 4.74 Å². The highest BCUT2D eigenvalue weighted by Crippen LogP contribution is 1.80. The zero-order chi connectivity index (χ0) is 9.94. The van der Waals surface area contributed by atoms with Gasteiger partial charge in [-0.15, -0.1) is 0 Å². The minimum Gasteiger partial charge on any atom is -0.464 e. The molecule has 0 heterocycles. The van der Waals surface area contributed by atoms with Crippen LogP contribution in [0.2, 0.25) is 0 Å². The van der Waals surface area contributed by atoms with Gasteiger partial charge in [0.25, 0.3) is 0 Å². The van der Waals surface area contributed by atoms with Gasteiger partial charge in [0, 0.05) is 6.54 Å². The van der Waals surface area contributed by atoms with E-state index in [0.29, 0.717) is 13.2 Å². The van der Waals surface area contributed by atoms with Crippen molar-refractivity contribution in [2.75, 3.05) is 32.9 Å². The average molecular weight is 189 g/mol. The van der Waals surface area contributed by atoms with Crippen molar-refractivity contribution < 1.29 is 14.3 Å². The molecular weight excluding hydrogens is 170 g/mol. The van der Waals surface area contributed by atoms with E-state index in [1.807, 2.05) is 0 Å². The first-order valence-electron chi connectivity index (χ1n) is 4.75. The summed E-state index contributed by atoms with van der Waals surface area (Å²) in [6, 6.07) is 0. The van der Waals surface area contributed by atoms with Gasteiger partial charge in [-0.1, -0.05) is 6.92 Å². The largest absolute Gasteiger partial charge is 0.464 e. The Labute approximate surface area is 79.6 Å². The van der Waals surface area contributed by atoms with Gasteiger partial charge in [0.2, 0.25) is 0 Å². The third-order valence-corrected chi connectivity index (χ3v) is 1.38. The van der Waals surface area contributed by atoms with Crippen molar-refractivity contribution >= 4 is 5.97 Å². The molecule has 0 radical (unpaired) electrons. The Bertz CT molecular complexity index is 128. The molecule has 0 unspecified atom stereocenters. The Morgan fingerprint density at radius 2 is 2.08 bits per heavy atom. The SMILES string of the molecule is CCCNCCOCC(=O)OCC. The lowest BCUT2D eigenvalue weighted by Gasteiger charge is -2.04. The lowest BCUT2D eigenvalue weighted by molar-refractivity contribution is -0.148. The highest BCUT2D eigenvalue weighted by Gasteiger charge is 1.99. The minimum absolute atomic E-state index is 0.0572. The molecule has 0 fully saturated rings. The van der Waals surface area contributed by atoms with Crippen molar-refractivity contribution in [2.45, 2.75) is 20.3 Å². The van der Waals surface area contributed by atoms with Crippen LogP contribution in [0.5, 0.6) is 0 Å². The smallest absolute Gasteiger partial charge is 0.332 e. The summed E-state index contributed by atoms with van der Waals surface area (Å²) in [5.74, 6) is -0.294.